The van der Waals surface area contributed by atoms with Crippen LogP contribution in [0.25, 0.3) is 0 Å². The number of likely N-dealkylation sites (N-methyl/N-ethyl adjacent to an activating group) is 1. The Morgan fingerprint density at radius 2 is 1.93 bits per heavy atom. The first kappa shape index (κ1) is 19.9. The molecule has 9 heteroatoms. The van der Waals surface area contributed by atoms with Crippen LogP contribution in [0, 0.1) is 0 Å². The SMILES string of the molecule is CN(CC(=O)Nc1ccccc1Cl)C(=O)c1ccc(CSc2ncn[nH]2)cc1. The van der Waals surface area contributed by atoms with Crippen molar-refractivity contribution in [3.8, 4) is 0 Å². The fraction of sp³-hybridized carbons (Fsp3) is 0.158. The highest BCUT2D eigenvalue weighted by Gasteiger charge is 2.15. The maximum absolute atomic E-state index is 12.5. The molecule has 1 heterocycles. The number of nitrogens with zero attached hydrogens (tertiary/aromatic N) is 3. The number of amides is 2. The highest BCUT2D eigenvalue weighted by Crippen LogP contribution is 2.21. The van der Waals surface area contributed by atoms with Gasteiger partial charge in [-0.25, -0.2) is 4.98 Å². The molecule has 0 aliphatic rings. The summed E-state index contributed by atoms with van der Waals surface area (Å²) in [6, 6.07) is 14.2. The van der Waals surface area contributed by atoms with Crippen LogP contribution in [-0.4, -0.2) is 45.5 Å². The van der Waals surface area contributed by atoms with Gasteiger partial charge in [-0.05, 0) is 29.8 Å². The van der Waals surface area contributed by atoms with E-state index in [-0.39, 0.29) is 18.4 Å². The quantitative estimate of drug-likeness (QED) is 0.576. The second-order valence-corrected chi connectivity index (χ2v) is 7.34. The highest BCUT2D eigenvalue weighted by molar-refractivity contribution is 7.98. The van der Waals surface area contributed by atoms with Crippen molar-refractivity contribution in [3.63, 3.8) is 0 Å². The number of hydrogen-bond acceptors (Lipinski definition) is 5. The first-order valence-corrected chi connectivity index (χ1v) is 9.76. The topological polar surface area (TPSA) is 91.0 Å². The van der Waals surface area contributed by atoms with Gasteiger partial charge >= 0.3 is 0 Å². The third kappa shape index (κ3) is 5.34. The number of carbonyl (C=O) groups is 2. The maximum atomic E-state index is 12.5. The zero-order valence-electron chi connectivity index (χ0n) is 15.1. The van der Waals surface area contributed by atoms with Crippen molar-refractivity contribution in [1.82, 2.24) is 20.1 Å². The molecule has 1 aromatic heterocycles. The Labute approximate surface area is 171 Å². The van der Waals surface area contributed by atoms with Crippen molar-refractivity contribution >= 4 is 40.9 Å². The van der Waals surface area contributed by atoms with Crippen LogP contribution in [0.4, 0.5) is 5.69 Å². The van der Waals surface area contributed by atoms with Gasteiger partial charge in [0.15, 0.2) is 5.16 Å². The fourth-order valence-corrected chi connectivity index (χ4v) is 3.34. The minimum Gasteiger partial charge on any atom is -0.332 e. The summed E-state index contributed by atoms with van der Waals surface area (Å²) >= 11 is 7.55. The van der Waals surface area contributed by atoms with E-state index in [1.807, 2.05) is 12.1 Å². The molecular weight excluding hydrogens is 398 g/mol. The molecule has 0 radical (unpaired) electrons. The lowest BCUT2D eigenvalue weighted by atomic mass is 10.1. The second-order valence-electron chi connectivity index (χ2n) is 5.97. The van der Waals surface area contributed by atoms with Crippen LogP contribution in [0.2, 0.25) is 5.02 Å². The molecule has 7 nitrogen and oxygen atoms in total. The predicted molar refractivity (Wildman–Crippen MR) is 109 cm³/mol. The van der Waals surface area contributed by atoms with E-state index in [0.29, 0.717) is 22.0 Å². The third-order valence-corrected chi connectivity index (χ3v) is 5.12. The molecule has 0 fully saturated rings. The monoisotopic (exact) mass is 415 g/mol. The number of anilines is 1. The zero-order valence-corrected chi connectivity index (χ0v) is 16.6. The van der Waals surface area contributed by atoms with Crippen LogP contribution < -0.4 is 5.32 Å². The maximum Gasteiger partial charge on any atom is 0.254 e. The molecule has 0 bridgehead atoms. The summed E-state index contributed by atoms with van der Waals surface area (Å²) in [5.41, 5.74) is 2.09. The Balaban J connectivity index is 1.53. The van der Waals surface area contributed by atoms with Crippen molar-refractivity contribution in [2.45, 2.75) is 10.9 Å². The van der Waals surface area contributed by atoms with Gasteiger partial charge in [0.1, 0.15) is 6.33 Å². The van der Waals surface area contributed by atoms with Crippen molar-refractivity contribution in [1.29, 1.82) is 0 Å². The Hall–Kier alpha value is -2.84. The van der Waals surface area contributed by atoms with E-state index >= 15 is 0 Å². The summed E-state index contributed by atoms with van der Waals surface area (Å²) in [5, 5.41) is 10.5. The fourth-order valence-electron chi connectivity index (χ4n) is 2.42. The summed E-state index contributed by atoms with van der Waals surface area (Å²) in [6.07, 6.45) is 1.46. The molecule has 3 rings (SSSR count). The molecule has 0 unspecified atom stereocenters. The number of aromatic nitrogens is 3. The Morgan fingerprint density at radius 1 is 1.18 bits per heavy atom. The molecular formula is C19H18ClN5O2S. The van der Waals surface area contributed by atoms with Gasteiger partial charge in [0.2, 0.25) is 5.91 Å². The summed E-state index contributed by atoms with van der Waals surface area (Å²) in [6.45, 7) is -0.0762. The van der Waals surface area contributed by atoms with Gasteiger partial charge in [0, 0.05) is 18.4 Å². The van der Waals surface area contributed by atoms with E-state index in [0.717, 1.165) is 10.7 Å². The third-order valence-electron chi connectivity index (χ3n) is 3.84. The Kier molecular flexibility index (Phi) is 6.67. The lowest BCUT2D eigenvalue weighted by Gasteiger charge is -2.17. The number of hydrogen-bond donors (Lipinski definition) is 2. The minimum atomic E-state index is -0.316. The van der Waals surface area contributed by atoms with Gasteiger partial charge < -0.3 is 10.2 Å². The van der Waals surface area contributed by atoms with Crippen molar-refractivity contribution in [3.05, 3.63) is 71.0 Å². The van der Waals surface area contributed by atoms with E-state index < -0.39 is 0 Å². The van der Waals surface area contributed by atoms with E-state index in [9.17, 15) is 9.59 Å². The largest absolute Gasteiger partial charge is 0.332 e. The zero-order chi connectivity index (χ0) is 19.9. The predicted octanol–water partition coefficient (Wildman–Crippen LogP) is 3.46. The van der Waals surface area contributed by atoms with Crippen LogP contribution in [-0.2, 0) is 10.5 Å². The van der Waals surface area contributed by atoms with Crippen LogP contribution in [0.5, 0.6) is 0 Å². The van der Waals surface area contributed by atoms with E-state index in [1.54, 1.807) is 43.4 Å². The van der Waals surface area contributed by atoms with Crippen molar-refractivity contribution < 1.29 is 9.59 Å². The van der Waals surface area contributed by atoms with Crippen LogP contribution in [0.15, 0.2) is 60.0 Å². The molecule has 144 valence electrons. The molecule has 0 saturated carbocycles. The summed E-state index contributed by atoms with van der Waals surface area (Å²) in [4.78, 5) is 30.1. The van der Waals surface area contributed by atoms with Gasteiger partial charge in [-0.1, -0.05) is 47.6 Å². The number of thioether (sulfide) groups is 1. The highest BCUT2D eigenvalue weighted by atomic mass is 35.5. The average molecular weight is 416 g/mol. The molecule has 3 aromatic rings. The standard InChI is InChI=1S/C19H18ClN5O2S/c1-25(10-17(26)23-16-5-3-2-4-15(16)20)18(27)14-8-6-13(7-9-14)11-28-19-21-12-22-24-19/h2-9,12H,10-11H2,1H3,(H,23,26)(H,21,22,24). The Morgan fingerprint density at radius 3 is 2.61 bits per heavy atom. The summed E-state index contributed by atoms with van der Waals surface area (Å²) in [5.74, 6) is 0.160. The molecule has 0 aliphatic heterocycles. The minimum absolute atomic E-state index is 0.0762. The van der Waals surface area contributed by atoms with E-state index in [1.165, 1.54) is 23.0 Å². The lowest BCUT2D eigenvalue weighted by molar-refractivity contribution is -0.116. The van der Waals surface area contributed by atoms with Gasteiger partial charge in [0.25, 0.3) is 5.91 Å². The number of nitrogens with one attached hydrogen (secondary N) is 2. The van der Waals surface area contributed by atoms with Crippen molar-refractivity contribution in [2.24, 2.45) is 0 Å². The van der Waals surface area contributed by atoms with Crippen LogP contribution in [0.3, 0.4) is 0 Å². The molecule has 2 N–H and O–H groups in total. The summed E-state index contributed by atoms with van der Waals surface area (Å²) in [7, 11) is 1.59. The Bertz CT molecular complexity index is 947. The molecule has 0 atom stereocenters. The van der Waals surface area contributed by atoms with Gasteiger partial charge in [-0.3, -0.25) is 14.7 Å². The number of benzene rings is 2. The number of halogens is 1. The molecule has 28 heavy (non-hydrogen) atoms. The lowest BCUT2D eigenvalue weighted by Crippen LogP contribution is -2.35. The van der Waals surface area contributed by atoms with E-state index in [2.05, 4.69) is 20.5 Å². The molecule has 2 aromatic carbocycles. The molecule has 0 saturated heterocycles. The van der Waals surface area contributed by atoms with Gasteiger partial charge in [-0.2, -0.15) is 5.10 Å². The molecule has 0 aliphatic carbocycles. The smallest absolute Gasteiger partial charge is 0.254 e. The number of H-pyrrole nitrogens is 1. The first-order chi connectivity index (χ1) is 13.5. The number of carbonyl (C=O) groups excluding carboxylic acids is 2. The number of rotatable bonds is 7. The normalized spacial score (nSPS) is 10.5. The van der Waals surface area contributed by atoms with Crippen molar-refractivity contribution in [2.75, 3.05) is 18.9 Å². The van der Waals surface area contributed by atoms with E-state index in [4.69, 9.17) is 11.6 Å². The van der Waals surface area contributed by atoms with Gasteiger partial charge in [-0.15, -0.1) is 0 Å². The average Bonchev–Trinajstić information content (AvgIpc) is 3.21. The van der Waals surface area contributed by atoms with Crippen LogP contribution >= 0.6 is 23.4 Å². The molecule has 0 spiro atoms. The second kappa shape index (κ2) is 9.38. The molecule has 2 amide bonds. The van der Waals surface area contributed by atoms with Crippen LogP contribution in [0.1, 0.15) is 15.9 Å². The number of para-hydroxylation sites is 1. The number of aromatic amines is 1. The van der Waals surface area contributed by atoms with Gasteiger partial charge in [0.05, 0.1) is 17.3 Å². The first-order valence-electron chi connectivity index (χ1n) is 8.40. The summed E-state index contributed by atoms with van der Waals surface area (Å²) < 4.78 is 0.